The maximum Gasteiger partial charge on any atom is 0.433 e. The third-order valence-corrected chi connectivity index (χ3v) is 6.03. The molecule has 8 heteroatoms. The van der Waals surface area contributed by atoms with Gasteiger partial charge in [-0.2, -0.15) is 13.2 Å². The van der Waals surface area contributed by atoms with Crippen LogP contribution < -0.4 is 5.32 Å². The van der Waals surface area contributed by atoms with E-state index in [-0.39, 0.29) is 34.8 Å². The number of alkyl halides is 3. The van der Waals surface area contributed by atoms with Gasteiger partial charge in [0.2, 0.25) is 5.91 Å². The summed E-state index contributed by atoms with van der Waals surface area (Å²) in [6.45, 7) is 1.85. The van der Waals surface area contributed by atoms with Gasteiger partial charge < -0.3 is 5.32 Å². The molecule has 0 saturated heterocycles. The van der Waals surface area contributed by atoms with Crippen molar-refractivity contribution in [2.75, 3.05) is 5.75 Å². The quantitative estimate of drug-likeness (QED) is 0.433. The summed E-state index contributed by atoms with van der Waals surface area (Å²) in [4.78, 5) is 20.6. The molecule has 1 aromatic heterocycles. The number of fused-ring (bicyclic) bond motifs is 3. The fourth-order valence-corrected chi connectivity index (χ4v) is 4.34. The van der Waals surface area contributed by atoms with Gasteiger partial charge in [0.1, 0.15) is 0 Å². The Hall–Kier alpha value is -2.87. The number of nitrogens with one attached hydrogen (secondary N) is 1. The Labute approximate surface area is 182 Å². The standard InChI is InChI=1S/C23H20F3N3OS/c1-14(15-7-3-2-4-8-15)27-19(30)13-31-22-28-20-17-10-6-5-9-16(17)11-12-18(20)21(29-22)23(24,25)26/h2-10,14H,11-13H2,1H3,(H,27,30)/t14-/m1/s1. The number of benzene rings is 2. The highest BCUT2D eigenvalue weighted by Crippen LogP contribution is 2.40. The molecule has 0 bridgehead atoms. The second-order valence-electron chi connectivity index (χ2n) is 7.33. The summed E-state index contributed by atoms with van der Waals surface area (Å²) in [5.41, 5.74) is 2.13. The Morgan fingerprint density at radius 3 is 2.52 bits per heavy atom. The molecule has 0 unspecified atom stereocenters. The van der Waals surface area contributed by atoms with Crippen LogP contribution in [0.3, 0.4) is 0 Å². The van der Waals surface area contributed by atoms with E-state index >= 15 is 0 Å². The summed E-state index contributed by atoms with van der Waals surface area (Å²) in [6, 6.07) is 16.6. The van der Waals surface area contributed by atoms with Crippen LogP contribution in [0.25, 0.3) is 11.3 Å². The van der Waals surface area contributed by atoms with E-state index in [1.807, 2.05) is 49.4 Å². The number of nitrogens with zero attached hydrogens (tertiary/aromatic N) is 2. The van der Waals surface area contributed by atoms with Crippen LogP contribution >= 0.6 is 11.8 Å². The van der Waals surface area contributed by atoms with Crippen LogP contribution in [0.5, 0.6) is 0 Å². The van der Waals surface area contributed by atoms with Crippen LogP contribution in [0.1, 0.15) is 35.3 Å². The van der Waals surface area contributed by atoms with Crippen LogP contribution in [0, 0.1) is 0 Å². The number of amides is 1. The molecule has 4 nitrogen and oxygen atoms in total. The maximum atomic E-state index is 13.7. The van der Waals surface area contributed by atoms with E-state index in [4.69, 9.17) is 0 Å². The van der Waals surface area contributed by atoms with E-state index in [1.54, 1.807) is 12.1 Å². The zero-order valence-corrected chi connectivity index (χ0v) is 17.6. The molecule has 1 atom stereocenters. The van der Waals surface area contributed by atoms with Crippen LogP contribution in [0.15, 0.2) is 59.8 Å². The van der Waals surface area contributed by atoms with Gasteiger partial charge in [0, 0.05) is 11.1 Å². The fourth-order valence-electron chi connectivity index (χ4n) is 3.69. The van der Waals surface area contributed by atoms with E-state index < -0.39 is 11.9 Å². The zero-order valence-electron chi connectivity index (χ0n) is 16.7. The SMILES string of the molecule is C[C@@H](NC(=O)CSc1nc2c(c(C(F)(F)F)n1)CCc1ccccc1-2)c1ccccc1. The lowest BCUT2D eigenvalue weighted by Gasteiger charge is -2.22. The number of halogens is 3. The first-order valence-corrected chi connectivity index (χ1v) is 10.8. The highest BCUT2D eigenvalue weighted by Gasteiger charge is 2.38. The van der Waals surface area contributed by atoms with Gasteiger partial charge in [-0.1, -0.05) is 66.4 Å². The summed E-state index contributed by atoms with van der Waals surface area (Å²) in [5.74, 6) is -0.369. The smallest absolute Gasteiger partial charge is 0.349 e. The van der Waals surface area contributed by atoms with Crippen LogP contribution in [-0.2, 0) is 23.8 Å². The topological polar surface area (TPSA) is 54.9 Å². The Bertz CT molecular complexity index is 1100. The van der Waals surface area contributed by atoms with Crippen molar-refractivity contribution in [1.29, 1.82) is 0 Å². The molecule has 1 aliphatic carbocycles. The van der Waals surface area contributed by atoms with Gasteiger partial charge in [0.05, 0.1) is 17.5 Å². The molecule has 3 aromatic rings. The average molecular weight is 443 g/mol. The molecule has 1 heterocycles. The lowest BCUT2D eigenvalue weighted by Crippen LogP contribution is -2.28. The Balaban J connectivity index is 1.56. The second-order valence-corrected chi connectivity index (χ2v) is 8.27. The number of hydrogen-bond acceptors (Lipinski definition) is 4. The molecule has 1 aliphatic rings. The van der Waals surface area contributed by atoms with Crippen molar-refractivity contribution < 1.29 is 18.0 Å². The molecule has 0 fully saturated rings. The van der Waals surface area contributed by atoms with E-state index in [0.717, 1.165) is 22.9 Å². The molecule has 31 heavy (non-hydrogen) atoms. The Morgan fingerprint density at radius 1 is 1.06 bits per heavy atom. The number of carbonyl (C=O) groups excluding carboxylic acids is 1. The summed E-state index contributed by atoms with van der Waals surface area (Å²) in [7, 11) is 0. The minimum absolute atomic E-state index is 0.0507. The minimum atomic E-state index is -4.58. The van der Waals surface area contributed by atoms with Gasteiger partial charge in [0.15, 0.2) is 10.9 Å². The number of rotatable bonds is 5. The minimum Gasteiger partial charge on any atom is -0.349 e. The lowest BCUT2D eigenvalue weighted by molar-refractivity contribution is -0.142. The summed E-state index contributed by atoms with van der Waals surface area (Å²) in [5, 5.41) is 2.80. The van der Waals surface area contributed by atoms with Crippen molar-refractivity contribution in [3.63, 3.8) is 0 Å². The predicted molar refractivity (Wildman–Crippen MR) is 114 cm³/mol. The van der Waals surface area contributed by atoms with Crippen molar-refractivity contribution in [2.24, 2.45) is 0 Å². The number of aryl methyl sites for hydroxylation is 1. The van der Waals surface area contributed by atoms with Crippen molar-refractivity contribution >= 4 is 17.7 Å². The Kier molecular flexibility index (Phi) is 6.00. The first-order chi connectivity index (χ1) is 14.8. The average Bonchev–Trinajstić information content (AvgIpc) is 2.77. The molecule has 0 radical (unpaired) electrons. The molecule has 1 N–H and O–H groups in total. The van der Waals surface area contributed by atoms with Crippen molar-refractivity contribution in [1.82, 2.24) is 15.3 Å². The normalized spacial score (nSPS) is 13.8. The van der Waals surface area contributed by atoms with Crippen molar-refractivity contribution in [3.05, 3.63) is 77.0 Å². The molecule has 1 amide bonds. The molecule has 4 rings (SSSR count). The number of aromatic nitrogens is 2. The second kappa shape index (κ2) is 8.70. The fraction of sp³-hybridized carbons (Fsp3) is 0.261. The van der Waals surface area contributed by atoms with E-state index in [0.29, 0.717) is 17.7 Å². The van der Waals surface area contributed by atoms with Crippen LogP contribution in [-0.4, -0.2) is 21.6 Å². The number of thioether (sulfide) groups is 1. The monoisotopic (exact) mass is 443 g/mol. The van der Waals surface area contributed by atoms with Crippen LogP contribution in [0.2, 0.25) is 0 Å². The largest absolute Gasteiger partial charge is 0.433 e. The van der Waals surface area contributed by atoms with Gasteiger partial charge in [0.25, 0.3) is 0 Å². The highest BCUT2D eigenvalue weighted by molar-refractivity contribution is 7.99. The van der Waals surface area contributed by atoms with E-state index in [1.165, 1.54) is 0 Å². The Morgan fingerprint density at radius 2 is 1.77 bits per heavy atom. The molecular weight excluding hydrogens is 423 g/mol. The number of hydrogen-bond donors (Lipinski definition) is 1. The summed E-state index contributed by atoms with van der Waals surface area (Å²) in [6.07, 6.45) is -3.83. The van der Waals surface area contributed by atoms with E-state index in [2.05, 4.69) is 15.3 Å². The zero-order chi connectivity index (χ0) is 22.0. The van der Waals surface area contributed by atoms with Gasteiger partial charge in [-0.05, 0) is 30.9 Å². The molecule has 2 aromatic carbocycles. The summed E-state index contributed by atoms with van der Waals surface area (Å²) < 4.78 is 41.1. The molecule has 0 spiro atoms. The van der Waals surface area contributed by atoms with Gasteiger partial charge in [-0.15, -0.1) is 0 Å². The van der Waals surface area contributed by atoms with Gasteiger partial charge in [-0.25, -0.2) is 9.97 Å². The van der Waals surface area contributed by atoms with Crippen molar-refractivity contribution in [3.8, 4) is 11.3 Å². The third-order valence-electron chi connectivity index (χ3n) is 5.18. The molecular formula is C23H20F3N3OS. The van der Waals surface area contributed by atoms with E-state index in [9.17, 15) is 18.0 Å². The third kappa shape index (κ3) is 4.74. The predicted octanol–water partition coefficient (Wildman–Crippen LogP) is 5.23. The molecule has 160 valence electrons. The number of carbonyl (C=O) groups is 1. The van der Waals surface area contributed by atoms with Crippen molar-refractivity contribution in [2.45, 2.75) is 37.1 Å². The highest BCUT2D eigenvalue weighted by atomic mass is 32.2. The maximum absolute atomic E-state index is 13.7. The molecule has 0 aliphatic heterocycles. The molecule has 0 saturated carbocycles. The lowest BCUT2D eigenvalue weighted by atomic mass is 9.88. The summed E-state index contributed by atoms with van der Waals surface area (Å²) >= 11 is 0.909. The van der Waals surface area contributed by atoms with Crippen LogP contribution in [0.4, 0.5) is 13.2 Å². The van der Waals surface area contributed by atoms with Gasteiger partial charge >= 0.3 is 6.18 Å². The van der Waals surface area contributed by atoms with Gasteiger partial charge in [-0.3, -0.25) is 4.79 Å². The first-order valence-electron chi connectivity index (χ1n) is 9.86. The first kappa shape index (κ1) is 21.4.